The van der Waals surface area contributed by atoms with Gasteiger partial charge in [0.25, 0.3) is 0 Å². The van der Waals surface area contributed by atoms with Crippen LogP contribution in [0.3, 0.4) is 0 Å². The molecule has 0 aliphatic heterocycles. The van der Waals surface area contributed by atoms with Gasteiger partial charge in [-0.05, 0) is 13.0 Å². The van der Waals surface area contributed by atoms with Crippen LogP contribution in [-0.4, -0.2) is 18.7 Å². The second-order valence-electron chi connectivity index (χ2n) is 11.7. The van der Waals surface area contributed by atoms with Crippen LogP contribution in [0, 0.1) is 43.6 Å². The Bertz CT molecular complexity index is 2500. The van der Waals surface area contributed by atoms with Crippen LogP contribution in [0.2, 0.25) is 0 Å². The van der Waals surface area contributed by atoms with E-state index in [-0.39, 0.29) is 0 Å². The predicted octanol–water partition coefficient (Wildman–Crippen LogP) is 9.62. The second-order valence-corrected chi connectivity index (χ2v) is 12.7. The molecule has 0 radical (unpaired) electrons. The predicted molar refractivity (Wildman–Crippen MR) is 181 cm³/mol. The SMILES string of the molecule is Cc1cc(C)c(-n2[c](=[Pt])n(-c3[c-]c(Oc4[c-]c5c(cc4)c4c(C)cccc4n5-c4ccccn4)ccc3)c3ccccc32)c(C)c1. The van der Waals surface area contributed by atoms with Crippen LogP contribution >= 0.6 is 0 Å². The summed E-state index contributed by atoms with van der Waals surface area (Å²) >= 11 is 2.43. The topological polar surface area (TPSA) is 36.9 Å². The Labute approximate surface area is 278 Å². The van der Waals surface area contributed by atoms with E-state index in [1.807, 2.05) is 42.6 Å². The van der Waals surface area contributed by atoms with Crippen molar-refractivity contribution in [3.8, 4) is 28.7 Å². The van der Waals surface area contributed by atoms with Crippen molar-refractivity contribution in [2.45, 2.75) is 27.7 Å². The molecule has 5 nitrogen and oxygen atoms in total. The van der Waals surface area contributed by atoms with Gasteiger partial charge in [0, 0.05) is 6.20 Å². The Morgan fingerprint density at radius 2 is 1.33 bits per heavy atom. The Morgan fingerprint density at radius 3 is 2.09 bits per heavy atom. The van der Waals surface area contributed by atoms with Gasteiger partial charge in [0.2, 0.25) is 0 Å². The minimum atomic E-state index is 0.617. The number of pyridine rings is 1. The molecule has 0 aliphatic rings. The van der Waals surface area contributed by atoms with Crippen LogP contribution in [-0.2, 0) is 19.4 Å². The van der Waals surface area contributed by atoms with Gasteiger partial charge in [-0.25, -0.2) is 0 Å². The Morgan fingerprint density at radius 1 is 0.630 bits per heavy atom. The molecule has 8 aromatic rings. The molecule has 0 amide bonds. The molecule has 46 heavy (non-hydrogen) atoms. The van der Waals surface area contributed by atoms with Crippen molar-refractivity contribution in [1.29, 1.82) is 0 Å². The standard InChI is InChI=1S/C40H30N4O.Pt/c1-26-21-28(3)40(29(4)22-26)43-25-42(34-14-5-6-15-35(34)43)30-12-10-13-31(23-30)45-32-18-19-33-37(24-32)44(38-17-7-8-20-41-38)36-16-9-11-27(2)39(33)36;/h5-22H,1-4H3;/q-2;. The quantitative estimate of drug-likeness (QED) is 0.163. The molecule has 0 bridgehead atoms. The third-order valence-corrected chi connectivity index (χ3v) is 9.56. The van der Waals surface area contributed by atoms with Crippen LogP contribution in [0.15, 0.2) is 109 Å². The summed E-state index contributed by atoms with van der Waals surface area (Å²) in [5.41, 5.74) is 11.3. The van der Waals surface area contributed by atoms with E-state index < -0.39 is 0 Å². The average molecular weight is 778 g/mol. The number of imidazole rings is 1. The third-order valence-electron chi connectivity index (χ3n) is 8.54. The summed E-state index contributed by atoms with van der Waals surface area (Å²) in [4.78, 5) is 4.67. The number of rotatable bonds is 5. The first kappa shape index (κ1) is 28.5. The van der Waals surface area contributed by atoms with Crippen molar-refractivity contribution in [1.82, 2.24) is 18.7 Å². The summed E-state index contributed by atoms with van der Waals surface area (Å²) < 4.78 is 14.3. The zero-order valence-corrected chi connectivity index (χ0v) is 28.2. The van der Waals surface area contributed by atoms with Crippen LogP contribution in [0.25, 0.3) is 50.0 Å². The van der Waals surface area contributed by atoms with Gasteiger partial charge >= 0.3 is 242 Å². The van der Waals surface area contributed by atoms with Gasteiger partial charge in [0.15, 0.2) is 0 Å². The normalized spacial score (nSPS) is 11.6. The maximum absolute atomic E-state index is 6.49. The molecule has 0 N–H and O–H groups in total. The Kier molecular flexibility index (Phi) is 6.88. The zero-order valence-electron chi connectivity index (χ0n) is 25.9. The maximum atomic E-state index is 6.49. The van der Waals surface area contributed by atoms with Crippen LogP contribution in [0.4, 0.5) is 0 Å². The van der Waals surface area contributed by atoms with Gasteiger partial charge < -0.3 is 0 Å². The van der Waals surface area contributed by atoms with E-state index in [4.69, 9.17) is 4.74 Å². The molecule has 5 aromatic carbocycles. The minimum absolute atomic E-state index is 0.617. The van der Waals surface area contributed by atoms with E-state index in [1.165, 1.54) is 33.3 Å². The van der Waals surface area contributed by atoms with Crippen molar-refractivity contribution in [3.05, 3.63) is 148 Å². The van der Waals surface area contributed by atoms with Crippen LogP contribution < -0.4 is 4.74 Å². The second kappa shape index (κ2) is 11.1. The molecule has 3 heterocycles. The van der Waals surface area contributed by atoms with E-state index in [9.17, 15) is 0 Å². The molecule has 0 atom stereocenters. The first-order valence-corrected chi connectivity index (χ1v) is 16.4. The summed E-state index contributed by atoms with van der Waals surface area (Å²) in [6.45, 7) is 8.67. The van der Waals surface area contributed by atoms with Gasteiger partial charge in [0.05, 0.1) is 0 Å². The van der Waals surface area contributed by atoms with E-state index in [0.29, 0.717) is 11.5 Å². The molecule has 0 fully saturated rings. The average Bonchev–Trinajstić information content (AvgIpc) is 3.53. The number of ether oxygens (including phenoxy) is 1. The van der Waals surface area contributed by atoms with E-state index in [1.54, 1.807) is 0 Å². The van der Waals surface area contributed by atoms with Crippen molar-refractivity contribution in [2.24, 2.45) is 0 Å². The third kappa shape index (κ3) is 4.57. The van der Waals surface area contributed by atoms with E-state index >= 15 is 0 Å². The fourth-order valence-corrected chi connectivity index (χ4v) is 7.83. The summed E-state index contributed by atoms with van der Waals surface area (Å²) in [5, 5.41) is 2.31. The first-order chi connectivity index (χ1) is 22.4. The number of aromatic nitrogens is 4. The number of nitrogens with zero attached hydrogens (tertiary/aromatic N) is 4. The summed E-state index contributed by atoms with van der Waals surface area (Å²) in [7, 11) is 0. The van der Waals surface area contributed by atoms with Gasteiger partial charge in [-0.1, -0.05) is 18.2 Å². The van der Waals surface area contributed by atoms with Gasteiger partial charge in [0.1, 0.15) is 0 Å². The molecule has 6 heteroatoms. The van der Waals surface area contributed by atoms with Crippen molar-refractivity contribution >= 4 is 32.8 Å². The molecule has 8 rings (SSSR count). The number of fused-ring (bicyclic) bond motifs is 4. The van der Waals surface area contributed by atoms with Crippen molar-refractivity contribution in [2.75, 3.05) is 0 Å². The molecule has 228 valence electrons. The molecule has 0 saturated carbocycles. The number of hydrogen-bond donors (Lipinski definition) is 0. The van der Waals surface area contributed by atoms with E-state index in [2.05, 4.69) is 145 Å². The number of aryl methyl sites for hydroxylation is 4. The first-order valence-electron chi connectivity index (χ1n) is 15.2. The monoisotopic (exact) mass is 777 g/mol. The van der Waals surface area contributed by atoms with Crippen LogP contribution in [0.1, 0.15) is 22.3 Å². The van der Waals surface area contributed by atoms with Gasteiger partial charge in [-0.3, -0.25) is 0 Å². The van der Waals surface area contributed by atoms with Crippen molar-refractivity contribution < 1.29 is 24.1 Å². The molecular formula is C40H30N4OPt-2. The Hall–Kier alpha value is -4.99. The Balaban J connectivity index is 1.25. The number of benzene rings is 5. The number of para-hydroxylation sites is 2. The molecule has 0 aliphatic carbocycles. The summed E-state index contributed by atoms with van der Waals surface area (Å²) in [6, 6.07) is 42.6. The zero-order chi connectivity index (χ0) is 31.5. The van der Waals surface area contributed by atoms with Gasteiger partial charge in [-0.2, -0.15) is 0 Å². The molecule has 0 unspecified atom stereocenters. The fraction of sp³-hybridized carbons (Fsp3) is 0.100. The number of hydrogen-bond acceptors (Lipinski definition) is 2. The van der Waals surface area contributed by atoms with E-state index in [0.717, 1.165) is 42.8 Å². The molecule has 0 saturated heterocycles. The van der Waals surface area contributed by atoms with Crippen molar-refractivity contribution in [3.63, 3.8) is 0 Å². The molecular weight excluding hydrogens is 748 g/mol. The molecule has 3 aromatic heterocycles. The fourth-order valence-electron chi connectivity index (χ4n) is 6.76. The summed E-state index contributed by atoms with van der Waals surface area (Å²) in [5.74, 6) is 2.08. The van der Waals surface area contributed by atoms with Gasteiger partial charge in [-0.15, -0.1) is 0 Å². The summed E-state index contributed by atoms with van der Waals surface area (Å²) in [6.07, 6.45) is 1.82. The van der Waals surface area contributed by atoms with Crippen LogP contribution in [0.5, 0.6) is 11.5 Å². The molecule has 0 spiro atoms.